The maximum Gasteiger partial charge on any atom is 0.259 e. The number of rotatable bonds is 5. The Morgan fingerprint density at radius 2 is 1.80 bits per heavy atom. The first-order chi connectivity index (χ1) is 14.5. The van der Waals surface area contributed by atoms with Crippen molar-refractivity contribution in [2.75, 3.05) is 18.5 Å². The molecule has 0 aliphatic carbocycles. The number of H-pyrrole nitrogens is 1. The number of para-hydroxylation sites is 1. The highest BCUT2D eigenvalue weighted by Gasteiger charge is 2.18. The van der Waals surface area contributed by atoms with Crippen LogP contribution >= 0.6 is 0 Å². The average molecular weight is 407 g/mol. The van der Waals surface area contributed by atoms with E-state index in [-0.39, 0.29) is 22.6 Å². The van der Waals surface area contributed by atoms with E-state index in [9.17, 15) is 13.6 Å². The molecule has 0 saturated heterocycles. The lowest BCUT2D eigenvalue weighted by Gasteiger charge is -2.15. The number of hydrogen-bond acceptors (Lipinski definition) is 4. The molecule has 3 N–H and O–H groups in total. The minimum atomic E-state index is -0.790. The Hall–Kier alpha value is -3.58. The third-order valence-corrected chi connectivity index (χ3v) is 4.94. The van der Waals surface area contributed by atoms with Gasteiger partial charge in [0.25, 0.3) is 5.56 Å². The fourth-order valence-corrected chi connectivity index (χ4v) is 3.37. The van der Waals surface area contributed by atoms with Gasteiger partial charge in [0, 0.05) is 11.8 Å². The first-order valence-electron chi connectivity index (χ1n) is 9.44. The Morgan fingerprint density at radius 1 is 1.07 bits per heavy atom. The molecule has 1 aromatic heterocycles. The molecule has 0 amide bonds. The zero-order valence-corrected chi connectivity index (χ0v) is 16.0. The van der Waals surface area contributed by atoms with Gasteiger partial charge in [-0.3, -0.25) is 10.2 Å². The van der Waals surface area contributed by atoms with E-state index in [1.807, 2.05) is 18.2 Å². The molecule has 0 fully saturated rings. The maximum atomic E-state index is 14.1. The number of aromatic amines is 1. The van der Waals surface area contributed by atoms with Gasteiger partial charge in [0.05, 0.1) is 30.2 Å². The van der Waals surface area contributed by atoms with Gasteiger partial charge >= 0.3 is 0 Å². The quantitative estimate of drug-likeness (QED) is 0.540. The highest BCUT2D eigenvalue weighted by Crippen LogP contribution is 2.26. The summed E-state index contributed by atoms with van der Waals surface area (Å²) in [6, 6.07) is 12.3. The molecule has 0 unspecified atom stereocenters. The van der Waals surface area contributed by atoms with Crippen LogP contribution in [0.25, 0.3) is 5.57 Å². The largest absolute Gasteiger partial charge is 0.377 e. The molecule has 7 heteroatoms. The number of nitrogens with one attached hydrogen (secondary N) is 3. The van der Waals surface area contributed by atoms with Crippen molar-refractivity contribution in [3.8, 4) is 0 Å². The Kier molecular flexibility index (Phi) is 5.54. The van der Waals surface area contributed by atoms with Crippen molar-refractivity contribution in [1.82, 2.24) is 4.98 Å². The molecule has 2 heterocycles. The van der Waals surface area contributed by atoms with Crippen LogP contribution in [0.1, 0.15) is 23.1 Å². The third kappa shape index (κ3) is 3.92. The van der Waals surface area contributed by atoms with E-state index in [2.05, 4.69) is 10.3 Å². The number of aromatic nitrogens is 1. The lowest BCUT2D eigenvalue weighted by Crippen LogP contribution is -2.20. The second kappa shape index (κ2) is 8.42. The van der Waals surface area contributed by atoms with Crippen LogP contribution in [-0.2, 0) is 4.74 Å². The molecule has 5 nitrogen and oxygen atoms in total. The number of ether oxygens (including phenoxy) is 1. The SMILES string of the molecule is N=C(c1ccc(C2=CCOCC2)cc1)c1c(Nc2c(F)cccc2F)cc[nH]c1=O. The second-order valence-electron chi connectivity index (χ2n) is 6.82. The van der Waals surface area contributed by atoms with Gasteiger partial charge in [0.15, 0.2) is 0 Å². The van der Waals surface area contributed by atoms with Crippen LogP contribution in [0.4, 0.5) is 20.2 Å². The molecule has 0 bridgehead atoms. The van der Waals surface area contributed by atoms with Gasteiger partial charge < -0.3 is 15.0 Å². The van der Waals surface area contributed by atoms with Crippen LogP contribution < -0.4 is 10.9 Å². The predicted octanol–water partition coefficient (Wildman–Crippen LogP) is 4.62. The van der Waals surface area contributed by atoms with Gasteiger partial charge in [-0.05, 0) is 35.8 Å². The minimum Gasteiger partial charge on any atom is -0.377 e. The summed E-state index contributed by atoms with van der Waals surface area (Å²) in [6.45, 7) is 1.25. The Bertz CT molecular complexity index is 1160. The summed E-state index contributed by atoms with van der Waals surface area (Å²) in [5, 5.41) is 11.2. The van der Waals surface area contributed by atoms with Crippen molar-refractivity contribution < 1.29 is 13.5 Å². The fourth-order valence-electron chi connectivity index (χ4n) is 3.37. The summed E-state index contributed by atoms with van der Waals surface area (Å²) in [4.78, 5) is 15.0. The van der Waals surface area contributed by atoms with Gasteiger partial charge in [0.1, 0.15) is 17.3 Å². The van der Waals surface area contributed by atoms with Crippen molar-refractivity contribution in [2.24, 2.45) is 0 Å². The smallest absolute Gasteiger partial charge is 0.259 e. The molecule has 0 atom stereocenters. The molecular formula is C23H19F2N3O2. The molecule has 0 spiro atoms. The standard InChI is InChI=1S/C23H19F2N3O2/c24-17-2-1-3-18(25)22(17)28-19-8-11-27-23(29)20(19)21(26)16-6-4-14(5-7-16)15-9-12-30-13-10-15/h1-9,11,26H,10,12-13H2,(H2,27,28,29). The van der Waals surface area contributed by atoms with E-state index in [1.165, 1.54) is 23.9 Å². The second-order valence-corrected chi connectivity index (χ2v) is 6.82. The van der Waals surface area contributed by atoms with Gasteiger partial charge in [-0.25, -0.2) is 8.78 Å². The molecule has 0 radical (unpaired) electrons. The van der Waals surface area contributed by atoms with Gasteiger partial charge in [-0.2, -0.15) is 0 Å². The lowest BCUT2D eigenvalue weighted by atomic mass is 9.97. The van der Waals surface area contributed by atoms with Crippen molar-refractivity contribution in [1.29, 1.82) is 5.41 Å². The highest BCUT2D eigenvalue weighted by molar-refractivity contribution is 6.14. The molecule has 0 saturated carbocycles. The van der Waals surface area contributed by atoms with Crippen molar-refractivity contribution >= 4 is 22.7 Å². The topological polar surface area (TPSA) is 78.0 Å². The van der Waals surface area contributed by atoms with Gasteiger partial charge in [-0.1, -0.05) is 36.4 Å². The van der Waals surface area contributed by atoms with Crippen LogP contribution in [0.3, 0.4) is 0 Å². The number of benzene rings is 2. The normalized spacial score (nSPS) is 13.6. The van der Waals surface area contributed by atoms with Crippen LogP contribution in [0, 0.1) is 17.0 Å². The highest BCUT2D eigenvalue weighted by atomic mass is 19.1. The minimum absolute atomic E-state index is 0.00168. The molecule has 1 aliphatic heterocycles. The molecule has 30 heavy (non-hydrogen) atoms. The van der Waals surface area contributed by atoms with Crippen molar-refractivity contribution in [3.63, 3.8) is 0 Å². The Balaban J connectivity index is 1.68. The van der Waals surface area contributed by atoms with Gasteiger partial charge in [0.2, 0.25) is 0 Å². The number of pyridine rings is 1. The number of halogens is 2. The van der Waals surface area contributed by atoms with Crippen LogP contribution in [-0.4, -0.2) is 23.9 Å². The van der Waals surface area contributed by atoms with Crippen molar-refractivity contribution in [2.45, 2.75) is 6.42 Å². The monoisotopic (exact) mass is 407 g/mol. The van der Waals surface area contributed by atoms with Gasteiger partial charge in [-0.15, -0.1) is 0 Å². The molecule has 4 rings (SSSR count). The summed E-state index contributed by atoms with van der Waals surface area (Å²) in [7, 11) is 0. The first-order valence-corrected chi connectivity index (χ1v) is 9.44. The zero-order chi connectivity index (χ0) is 21.1. The summed E-state index contributed by atoms with van der Waals surface area (Å²) in [5.41, 5.74) is 1.90. The maximum absolute atomic E-state index is 14.1. The summed E-state index contributed by atoms with van der Waals surface area (Å²) in [5.74, 6) is -1.58. The van der Waals surface area contributed by atoms with Crippen LogP contribution in [0.2, 0.25) is 0 Å². The number of hydrogen-bond donors (Lipinski definition) is 3. The molecule has 3 aromatic rings. The van der Waals surface area contributed by atoms with Crippen LogP contribution in [0.5, 0.6) is 0 Å². The fraction of sp³-hybridized carbons (Fsp3) is 0.130. The van der Waals surface area contributed by atoms with E-state index in [1.54, 1.807) is 12.1 Å². The molecule has 152 valence electrons. The van der Waals surface area contributed by atoms with Crippen molar-refractivity contribution in [3.05, 3.63) is 99.5 Å². The first kappa shape index (κ1) is 19.7. The lowest BCUT2D eigenvalue weighted by molar-refractivity contribution is 0.161. The van der Waals surface area contributed by atoms with E-state index in [4.69, 9.17) is 10.1 Å². The van der Waals surface area contributed by atoms with Crippen LogP contribution in [0.15, 0.2) is 65.6 Å². The molecule has 2 aromatic carbocycles. The average Bonchev–Trinajstić information content (AvgIpc) is 2.77. The molecule has 1 aliphatic rings. The predicted molar refractivity (Wildman–Crippen MR) is 112 cm³/mol. The van der Waals surface area contributed by atoms with E-state index in [0.717, 1.165) is 24.1 Å². The zero-order valence-electron chi connectivity index (χ0n) is 16.0. The Labute approximate surface area is 171 Å². The third-order valence-electron chi connectivity index (χ3n) is 4.94. The Morgan fingerprint density at radius 3 is 2.47 bits per heavy atom. The van der Waals surface area contributed by atoms with E-state index >= 15 is 0 Å². The summed E-state index contributed by atoms with van der Waals surface area (Å²) in [6.07, 6.45) is 4.20. The number of anilines is 2. The van der Waals surface area contributed by atoms with E-state index in [0.29, 0.717) is 18.8 Å². The van der Waals surface area contributed by atoms with E-state index < -0.39 is 17.2 Å². The summed E-state index contributed by atoms with van der Waals surface area (Å²) < 4.78 is 33.4. The summed E-state index contributed by atoms with van der Waals surface area (Å²) >= 11 is 0. The molecular weight excluding hydrogens is 388 g/mol.